The Morgan fingerprint density at radius 3 is 2.83 bits per heavy atom. The van der Waals surface area contributed by atoms with Crippen LogP contribution in [-0.4, -0.2) is 5.16 Å². The highest BCUT2D eigenvalue weighted by molar-refractivity contribution is 4.97. The van der Waals surface area contributed by atoms with Gasteiger partial charge in [0.25, 0.3) is 0 Å². The fraction of sp³-hybridized carbons (Fsp3) is 0. The monoisotopic (exact) mass is 82.0 g/mol. The predicted molar refractivity (Wildman–Crippen MR) is 21.0 cm³/mol. The Bertz CT molecular complexity index is 111. The first-order chi connectivity index (χ1) is 2.89. The topological polar surface area (TPSA) is 26.0 Å². The average molecular weight is 82.1 g/mol. The third-order valence-electron chi connectivity index (χ3n) is 0.491. The van der Waals surface area contributed by atoms with E-state index in [9.17, 15) is 0 Å². The van der Waals surface area contributed by atoms with Crippen LogP contribution in [0, 0.1) is 6.92 Å². The third kappa shape index (κ3) is 0.407. The van der Waals surface area contributed by atoms with Gasteiger partial charge in [-0.15, -0.1) is 0 Å². The van der Waals surface area contributed by atoms with E-state index < -0.39 is 0 Å². The van der Waals surface area contributed by atoms with Crippen LogP contribution in [0.3, 0.4) is 0 Å². The molecule has 0 unspecified atom stereocenters. The van der Waals surface area contributed by atoms with E-state index in [1.807, 2.05) is 0 Å². The van der Waals surface area contributed by atoms with Gasteiger partial charge in [-0.25, -0.2) is 0 Å². The quantitative estimate of drug-likeness (QED) is 0.464. The molecule has 0 fully saturated rings. The van der Waals surface area contributed by atoms with E-state index in [1.165, 1.54) is 6.26 Å². The molecule has 0 aliphatic carbocycles. The zero-order valence-electron chi connectivity index (χ0n) is 3.22. The third-order valence-corrected chi connectivity index (χ3v) is 0.491. The molecule has 2 heteroatoms. The molecule has 31 valence electrons. The first-order valence-corrected chi connectivity index (χ1v) is 1.62. The average Bonchev–Trinajstić information content (AvgIpc) is 1.86. The summed E-state index contributed by atoms with van der Waals surface area (Å²) in [4.78, 5) is 0. The van der Waals surface area contributed by atoms with Crippen molar-refractivity contribution in [1.82, 2.24) is 5.16 Å². The lowest BCUT2D eigenvalue weighted by Gasteiger charge is -1.62. The molecule has 0 saturated heterocycles. The van der Waals surface area contributed by atoms with Crippen molar-refractivity contribution >= 4 is 0 Å². The van der Waals surface area contributed by atoms with Gasteiger partial charge in [0.1, 0.15) is 6.26 Å². The minimum Gasteiger partial charge on any atom is -0.365 e. The van der Waals surface area contributed by atoms with Crippen molar-refractivity contribution in [3.8, 4) is 0 Å². The smallest absolute Gasteiger partial charge is 0.124 e. The summed E-state index contributed by atoms with van der Waals surface area (Å²) in [5.74, 6) is 0. The Morgan fingerprint density at radius 1 is 1.83 bits per heavy atom. The Balaban J connectivity index is 3.05. The predicted octanol–water partition coefficient (Wildman–Crippen LogP) is 0.857. The van der Waals surface area contributed by atoms with Crippen LogP contribution in [0.1, 0.15) is 5.69 Å². The molecule has 1 heterocycles. The van der Waals surface area contributed by atoms with E-state index >= 15 is 0 Å². The van der Waals surface area contributed by atoms with Gasteiger partial charge in [-0.3, -0.25) is 0 Å². The zero-order chi connectivity index (χ0) is 4.41. The molecular formula is C4H4NO. The highest BCUT2D eigenvalue weighted by Crippen LogP contribution is 1.86. The van der Waals surface area contributed by atoms with E-state index in [0.29, 0.717) is 5.69 Å². The maximum Gasteiger partial charge on any atom is 0.124 e. The van der Waals surface area contributed by atoms with Crippen molar-refractivity contribution < 1.29 is 4.52 Å². The Kier molecular flexibility index (Phi) is 0.638. The van der Waals surface area contributed by atoms with Crippen LogP contribution in [0.5, 0.6) is 0 Å². The minimum absolute atomic E-state index is 0.676. The molecule has 1 radical (unpaired) electrons. The molecule has 1 aromatic heterocycles. The lowest BCUT2D eigenvalue weighted by molar-refractivity contribution is 0.417. The molecule has 0 N–H and O–H groups in total. The summed E-state index contributed by atoms with van der Waals surface area (Å²) in [7, 11) is 0. The summed E-state index contributed by atoms with van der Waals surface area (Å²) in [5, 5.41) is 3.43. The van der Waals surface area contributed by atoms with Gasteiger partial charge < -0.3 is 4.52 Å². The minimum atomic E-state index is 0.676. The van der Waals surface area contributed by atoms with Crippen LogP contribution in [0.2, 0.25) is 0 Å². The fourth-order valence-electron chi connectivity index (χ4n) is 0.238. The highest BCUT2D eigenvalue weighted by atomic mass is 16.5. The molecule has 0 aliphatic heterocycles. The molecule has 1 rings (SSSR count). The van der Waals surface area contributed by atoms with Gasteiger partial charge in [0.2, 0.25) is 0 Å². The molecule has 0 aliphatic rings. The molecule has 6 heavy (non-hydrogen) atoms. The van der Waals surface area contributed by atoms with Gasteiger partial charge in [0.15, 0.2) is 0 Å². The highest BCUT2D eigenvalue weighted by Gasteiger charge is 1.78. The molecule has 1 aromatic rings. The number of nitrogens with zero attached hydrogens (tertiary/aromatic N) is 1. The second-order valence-electron chi connectivity index (χ2n) is 0.991. The zero-order valence-corrected chi connectivity index (χ0v) is 3.22. The maximum atomic E-state index is 4.40. The Hall–Kier alpha value is -0.790. The summed E-state index contributed by atoms with van der Waals surface area (Å²) >= 11 is 0. The summed E-state index contributed by atoms with van der Waals surface area (Å²) < 4.78 is 4.40. The summed E-state index contributed by atoms with van der Waals surface area (Å²) in [6.45, 7) is 3.48. The van der Waals surface area contributed by atoms with Crippen molar-refractivity contribution in [2.75, 3.05) is 0 Å². The first kappa shape index (κ1) is 3.40. The Labute approximate surface area is 35.8 Å². The molecule has 0 atom stereocenters. The normalized spacial score (nSPS) is 8.83. The SMILES string of the molecule is [CH2]c1ccon1. The van der Waals surface area contributed by atoms with Crippen molar-refractivity contribution in [2.45, 2.75) is 0 Å². The number of hydrogen-bond donors (Lipinski definition) is 0. The van der Waals surface area contributed by atoms with E-state index in [0.717, 1.165) is 0 Å². The lowest BCUT2D eigenvalue weighted by atomic mass is 10.5. The van der Waals surface area contributed by atoms with Gasteiger partial charge in [0, 0.05) is 6.07 Å². The molecule has 0 amide bonds. The molecule has 0 saturated carbocycles. The standard InChI is InChI=1S/C4H4NO/c1-4-2-3-6-5-4/h2-3H,1H2. The first-order valence-electron chi connectivity index (χ1n) is 1.62. The van der Waals surface area contributed by atoms with Crippen LogP contribution in [0.25, 0.3) is 0 Å². The van der Waals surface area contributed by atoms with Crippen LogP contribution in [-0.2, 0) is 0 Å². The summed E-state index contributed by atoms with van der Waals surface area (Å²) in [6.07, 6.45) is 1.49. The van der Waals surface area contributed by atoms with Crippen LogP contribution in [0.15, 0.2) is 16.9 Å². The number of aromatic nitrogens is 1. The van der Waals surface area contributed by atoms with Crippen molar-refractivity contribution in [3.63, 3.8) is 0 Å². The second-order valence-corrected chi connectivity index (χ2v) is 0.991. The molecule has 0 aromatic carbocycles. The van der Waals surface area contributed by atoms with Crippen LogP contribution < -0.4 is 0 Å². The van der Waals surface area contributed by atoms with Gasteiger partial charge in [-0.1, -0.05) is 5.16 Å². The fourth-order valence-corrected chi connectivity index (χ4v) is 0.238. The summed E-state index contributed by atoms with van der Waals surface area (Å²) in [6, 6.07) is 1.69. The van der Waals surface area contributed by atoms with Gasteiger partial charge in [-0.2, -0.15) is 0 Å². The van der Waals surface area contributed by atoms with Crippen molar-refractivity contribution in [2.24, 2.45) is 0 Å². The second kappa shape index (κ2) is 1.12. The van der Waals surface area contributed by atoms with Gasteiger partial charge >= 0.3 is 0 Å². The van der Waals surface area contributed by atoms with Crippen molar-refractivity contribution in [3.05, 3.63) is 24.9 Å². The van der Waals surface area contributed by atoms with Crippen LogP contribution >= 0.6 is 0 Å². The molecule has 0 spiro atoms. The van der Waals surface area contributed by atoms with E-state index in [4.69, 9.17) is 0 Å². The number of rotatable bonds is 0. The Morgan fingerprint density at radius 2 is 2.67 bits per heavy atom. The summed E-state index contributed by atoms with van der Waals surface area (Å²) in [5.41, 5.74) is 0.676. The lowest BCUT2D eigenvalue weighted by Crippen LogP contribution is -1.59. The molecule has 0 bridgehead atoms. The largest absolute Gasteiger partial charge is 0.365 e. The number of hydrogen-bond acceptors (Lipinski definition) is 2. The van der Waals surface area contributed by atoms with E-state index in [1.54, 1.807) is 6.07 Å². The van der Waals surface area contributed by atoms with Gasteiger partial charge in [0.05, 0.1) is 5.69 Å². The van der Waals surface area contributed by atoms with Crippen LogP contribution in [0.4, 0.5) is 0 Å². The maximum absolute atomic E-state index is 4.40. The van der Waals surface area contributed by atoms with E-state index in [2.05, 4.69) is 16.6 Å². The molecule has 2 nitrogen and oxygen atoms in total. The van der Waals surface area contributed by atoms with Crippen molar-refractivity contribution in [1.29, 1.82) is 0 Å². The van der Waals surface area contributed by atoms with E-state index in [-0.39, 0.29) is 0 Å². The van der Waals surface area contributed by atoms with Gasteiger partial charge in [-0.05, 0) is 6.92 Å². The molecular weight excluding hydrogens is 78.0 g/mol.